The minimum absolute atomic E-state index is 0.406. The number of rotatable bonds is 13. The zero-order valence-corrected chi connectivity index (χ0v) is 15.0. The molecule has 1 unspecified atom stereocenters. The molecule has 136 valence electrons. The van der Waals surface area contributed by atoms with Gasteiger partial charge in [0.15, 0.2) is 0 Å². The molecule has 3 N–H and O–H groups in total. The molecule has 0 aromatic carbocycles. The van der Waals surface area contributed by atoms with Gasteiger partial charge < -0.3 is 10.2 Å². The highest BCUT2D eigenvalue weighted by Gasteiger charge is 2.39. The fourth-order valence-corrected chi connectivity index (χ4v) is 3.55. The third-order valence-corrected chi connectivity index (χ3v) is 5.18. The summed E-state index contributed by atoms with van der Waals surface area (Å²) in [7, 11) is 0. The van der Waals surface area contributed by atoms with E-state index in [2.05, 4.69) is 12.2 Å². The predicted octanol–water partition coefficient (Wildman–Crippen LogP) is 4.26. The van der Waals surface area contributed by atoms with Gasteiger partial charge in [0.2, 0.25) is 0 Å². The number of aliphatic carboxylic acids is 1. The van der Waals surface area contributed by atoms with E-state index in [1.54, 1.807) is 0 Å². The number of hydrogen-bond acceptors (Lipinski definition) is 3. The van der Waals surface area contributed by atoms with Crippen LogP contribution < -0.4 is 5.32 Å². The molecule has 4 nitrogen and oxygen atoms in total. The van der Waals surface area contributed by atoms with Gasteiger partial charge in [-0.05, 0) is 19.3 Å². The Kier molecular flexibility index (Phi) is 10.5. The second-order valence-corrected chi connectivity index (χ2v) is 7.25. The molecule has 1 saturated carbocycles. The standard InChI is InChI=1S/C19H37NO3/c1-2-3-4-5-6-7-8-10-13-17(21)16-20-19(18(22)23)14-11-9-12-15-19/h17,20-21H,2-16H2,1H3,(H,22,23). The zero-order chi connectivity index (χ0) is 17.0. The summed E-state index contributed by atoms with van der Waals surface area (Å²) in [6.45, 7) is 2.64. The fourth-order valence-electron chi connectivity index (χ4n) is 3.55. The summed E-state index contributed by atoms with van der Waals surface area (Å²) in [6, 6.07) is 0. The van der Waals surface area contributed by atoms with E-state index in [0.717, 1.165) is 32.1 Å². The van der Waals surface area contributed by atoms with E-state index in [-0.39, 0.29) is 0 Å². The van der Waals surface area contributed by atoms with Gasteiger partial charge in [-0.1, -0.05) is 77.6 Å². The second kappa shape index (κ2) is 11.9. The maximum absolute atomic E-state index is 11.6. The summed E-state index contributed by atoms with van der Waals surface area (Å²) in [6.07, 6.45) is 14.9. The molecule has 1 fully saturated rings. The molecular formula is C19H37NO3. The molecule has 0 aliphatic heterocycles. The summed E-state index contributed by atoms with van der Waals surface area (Å²) >= 11 is 0. The number of unbranched alkanes of at least 4 members (excludes halogenated alkanes) is 7. The van der Waals surface area contributed by atoms with E-state index in [1.807, 2.05) is 0 Å². The van der Waals surface area contributed by atoms with Crippen LogP contribution in [0.4, 0.5) is 0 Å². The smallest absolute Gasteiger partial charge is 0.323 e. The van der Waals surface area contributed by atoms with Gasteiger partial charge in [0.25, 0.3) is 0 Å². The van der Waals surface area contributed by atoms with E-state index in [4.69, 9.17) is 0 Å². The maximum atomic E-state index is 11.6. The first-order chi connectivity index (χ1) is 11.1. The average Bonchev–Trinajstić information content (AvgIpc) is 2.56. The van der Waals surface area contributed by atoms with Crippen LogP contribution in [0.1, 0.15) is 96.8 Å². The third kappa shape index (κ3) is 8.16. The molecule has 0 aromatic heterocycles. The molecule has 0 saturated heterocycles. The Hall–Kier alpha value is -0.610. The highest BCUT2D eigenvalue weighted by Crippen LogP contribution is 2.28. The van der Waals surface area contributed by atoms with Crippen molar-refractivity contribution in [2.75, 3.05) is 6.54 Å². The highest BCUT2D eigenvalue weighted by molar-refractivity contribution is 5.78. The Morgan fingerprint density at radius 1 is 1.00 bits per heavy atom. The van der Waals surface area contributed by atoms with Crippen molar-refractivity contribution >= 4 is 5.97 Å². The lowest BCUT2D eigenvalue weighted by atomic mass is 9.81. The predicted molar refractivity (Wildman–Crippen MR) is 94.7 cm³/mol. The van der Waals surface area contributed by atoms with Crippen LogP contribution in [0.15, 0.2) is 0 Å². The van der Waals surface area contributed by atoms with Crippen molar-refractivity contribution in [3.63, 3.8) is 0 Å². The highest BCUT2D eigenvalue weighted by atomic mass is 16.4. The van der Waals surface area contributed by atoms with Gasteiger partial charge in [-0.3, -0.25) is 10.1 Å². The van der Waals surface area contributed by atoms with Gasteiger partial charge >= 0.3 is 5.97 Å². The molecule has 1 rings (SSSR count). The van der Waals surface area contributed by atoms with Crippen molar-refractivity contribution in [1.29, 1.82) is 0 Å². The fraction of sp³-hybridized carbons (Fsp3) is 0.947. The number of carboxylic acid groups (broad SMARTS) is 1. The van der Waals surface area contributed by atoms with Crippen LogP contribution in [-0.4, -0.2) is 34.4 Å². The van der Waals surface area contributed by atoms with Gasteiger partial charge in [0.1, 0.15) is 5.54 Å². The van der Waals surface area contributed by atoms with Crippen LogP contribution in [0.3, 0.4) is 0 Å². The first-order valence-electron chi connectivity index (χ1n) is 9.77. The first-order valence-corrected chi connectivity index (χ1v) is 9.77. The van der Waals surface area contributed by atoms with Crippen molar-refractivity contribution in [3.05, 3.63) is 0 Å². The molecule has 1 atom stereocenters. The second-order valence-electron chi connectivity index (χ2n) is 7.25. The lowest BCUT2D eigenvalue weighted by Crippen LogP contribution is -2.55. The van der Waals surface area contributed by atoms with Crippen molar-refractivity contribution in [1.82, 2.24) is 5.32 Å². The van der Waals surface area contributed by atoms with E-state index >= 15 is 0 Å². The molecule has 0 radical (unpaired) electrons. The molecule has 0 spiro atoms. The Morgan fingerprint density at radius 2 is 1.57 bits per heavy atom. The van der Waals surface area contributed by atoms with Gasteiger partial charge in [-0.25, -0.2) is 0 Å². The molecule has 1 aliphatic carbocycles. The van der Waals surface area contributed by atoms with Crippen LogP contribution in [0.25, 0.3) is 0 Å². The van der Waals surface area contributed by atoms with Crippen LogP contribution in [0.5, 0.6) is 0 Å². The number of hydrogen-bond donors (Lipinski definition) is 3. The zero-order valence-electron chi connectivity index (χ0n) is 15.0. The van der Waals surface area contributed by atoms with Crippen molar-refractivity contribution in [2.24, 2.45) is 0 Å². The summed E-state index contributed by atoms with van der Waals surface area (Å²) in [5.41, 5.74) is -0.793. The Balaban J connectivity index is 2.09. The SMILES string of the molecule is CCCCCCCCCCC(O)CNC1(C(=O)O)CCCCC1. The third-order valence-electron chi connectivity index (χ3n) is 5.18. The largest absolute Gasteiger partial charge is 0.480 e. The van der Waals surface area contributed by atoms with E-state index < -0.39 is 17.6 Å². The molecule has 0 aromatic rings. The summed E-state index contributed by atoms with van der Waals surface area (Å²) in [5.74, 6) is -0.753. The molecule has 0 amide bonds. The Bertz CT molecular complexity index is 314. The van der Waals surface area contributed by atoms with Crippen molar-refractivity contribution < 1.29 is 15.0 Å². The van der Waals surface area contributed by atoms with Crippen molar-refractivity contribution in [3.8, 4) is 0 Å². The lowest BCUT2D eigenvalue weighted by molar-refractivity contribution is -0.146. The number of aliphatic hydroxyl groups excluding tert-OH is 1. The van der Waals surface area contributed by atoms with Gasteiger partial charge in [-0.2, -0.15) is 0 Å². The van der Waals surface area contributed by atoms with Gasteiger partial charge in [-0.15, -0.1) is 0 Å². The quantitative estimate of drug-likeness (QED) is 0.442. The Labute approximate surface area is 142 Å². The van der Waals surface area contributed by atoms with E-state index in [1.165, 1.54) is 44.9 Å². The normalized spacial score (nSPS) is 18.7. The van der Waals surface area contributed by atoms with Crippen LogP contribution >= 0.6 is 0 Å². The van der Waals surface area contributed by atoms with Gasteiger partial charge in [0, 0.05) is 6.54 Å². The van der Waals surface area contributed by atoms with Crippen LogP contribution in [-0.2, 0) is 4.79 Å². The minimum atomic E-state index is -0.793. The molecule has 0 heterocycles. The summed E-state index contributed by atoms with van der Waals surface area (Å²) < 4.78 is 0. The first kappa shape index (κ1) is 20.4. The monoisotopic (exact) mass is 327 g/mol. The molecular weight excluding hydrogens is 290 g/mol. The number of aliphatic hydroxyl groups is 1. The molecule has 4 heteroatoms. The Morgan fingerprint density at radius 3 is 2.13 bits per heavy atom. The summed E-state index contributed by atoms with van der Waals surface area (Å²) in [4.78, 5) is 11.6. The van der Waals surface area contributed by atoms with Crippen LogP contribution in [0, 0.1) is 0 Å². The van der Waals surface area contributed by atoms with Gasteiger partial charge in [0.05, 0.1) is 6.10 Å². The number of nitrogens with one attached hydrogen (secondary N) is 1. The average molecular weight is 328 g/mol. The van der Waals surface area contributed by atoms with Crippen molar-refractivity contribution in [2.45, 2.75) is 108 Å². The molecule has 1 aliphatic rings. The number of carbonyl (C=O) groups is 1. The van der Waals surface area contributed by atoms with Crippen LogP contribution in [0.2, 0.25) is 0 Å². The number of β-amino-alcohol motifs (C(OH)–C–C–N with tert-alkyl or cyclic N) is 1. The van der Waals surface area contributed by atoms with E-state index in [9.17, 15) is 15.0 Å². The lowest BCUT2D eigenvalue weighted by Gasteiger charge is -2.34. The minimum Gasteiger partial charge on any atom is -0.480 e. The maximum Gasteiger partial charge on any atom is 0.323 e. The summed E-state index contributed by atoms with van der Waals surface area (Å²) in [5, 5.41) is 22.7. The topological polar surface area (TPSA) is 69.6 Å². The molecule has 0 bridgehead atoms. The van der Waals surface area contributed by atoms with E-state index in [0.29, 0.717) is 19.4 Å². The molecule has 23 heavy (non-hydrogen) atoms. The number of carboxylic acids is 1.